The summed E-state index contributed by atoms with van der Waals surface area (Å²) in [7, 11) is 0. The maximum atomic E-state index is 10.3. The lowest BCUT2D eigenvalue weighted by atomic mass is 11.4. The number of hydrogen-bond donors (Lipinski definition) is 0. The van der Waals surface area contributed by atoms with Gasteiger partial charge in [-0.2, -0.15) is 0 Å². The van der Waals surface area contributed by atoms with Crippen LogP contribution in [0.15, 0.2) is 0 Å². The first-order valence-electron chi connectivity index (χ1n) is 1.60. The van der Waals surface area contributed by atoms with Gasteiger partial charge in [0.25, 0.3) is 4.45 Å². The average Bonchev–Trinajstić information content (AvgIpc) is 1.68. The second-order valence-electron chi connectivity index (χ2n) is 0.690. The molecular weight excluding hydrogens is 140 g/mol. The van der Waals surface area contributed by atoms with Crippen molar-refractivity contribution in [3.63, 3.8) is 0 Å². The van der Waals surface area contributed by atoms with Crippen LogP contribution in [-0.4, -0.2) is 4.45 Å². The molecule has 40 valence electrons. The lowest BCUT2D eigenvalue weighted by Gasteiger charge is -1.79. The summed E-state index contributed by atoms with van der Waals surface area (Å²) in [6.45, 7) is 0. The Kier molecular flexibility index (Phi) is 4.35. The smallest absolute Gasteiger partial charge is 0.270 e. The number of carbonyl (C=O) groups excluding carboxylic acids is 1. The molecule has 0 atom stereocenters. The SMILES string of the molecule is C#CSC(=O)SC#C. The Morgan fingerprint density at radius 3 is 1.88 bits per heavy atom. The molecule has 0 aliphatic rings. The standard InChI is InChI=1S/C5H2OS2/c1-3-7-5(6)8-4-2/h1-2H. The molecule has 0 saturated heterocycles. The van der Waals surface area contributed by atoms with Crippen molar-refractivity contribution in [2.24, 2.45) is 0 Å². The van der Waals surface area contributed by atoms with Gasteiger partial charge in [0.05, 0.1) is 0 Å². The Morgan fingerprint density at radius 2 is 1.62 bits per heavy atom. The van der Waals surface area contributed by atoms with Crippen LogP contribution in [-0.2, 0) is 0 Å². The third kappa shape index (κ3) is 3.67. The van der Waals surface area contributed by atoms with Gasteiger partial charge < -0.3 is 0 Å². The maximum absolute atomic E-state index is 10.3. The van der Waals surface area contributed by atoms with Crippen LogP contribution in [0.1, 0.15) is 0 Å². The van der Waals surface area contributed by atoms with Crippen molar-refractivity contribution >= 4 is 28.0 Å². The summed E-state index contributed by atoms with van der Waals surface area (Å²) in [4.78, 5) is 10.3. The van der Waals surface area contributed by atoms with E-state index in [4.69, 9.17) is 12.8 Å². The summed E-state index contributed by atoms with van der Waals surface area (Å²) in [6, 6.07) is 0. The molecular formula is C5H2OS2. The molecule has 0 heterocycles. The Morgan fingerprint density at radius 1 is 1.25 bits per heavy atom. The van der Waals surface area contributed by atoms with Gasteiger partial charge in [-0.25, -0.2) is 0 Å². The van der Waals surface area contributed by atoms with E-state index < -0.39 is 0 Å². The van der Waals surface area contributed by atoms with Gasteiger partial charge in [0.15, 0.2) is 0 Å². The molecule has 0 amide bonds. The molecule has 0 spiro atoms. The molecule has 0 bridgehead atoms. The number of hydrogen-bond acceptors (Lipinski definition) is 3. The highest BCUT2D eigenvalue weighted by Crippen LogP contribution is 2.12. The van der Waals surface area contributed by atoms with Gasteiger partial charge in [0.2, 0.25) is 0 Å². The minimum atomic E-state index is -0.227. The molecule has 0 aliphatic carbocycles. The molecule has 0 aromatic carbocycles. The van der Waals surface area contributed by atoms with Gasteiger partial charge in [-0.1, -0.05) is 0 Å². The van der Waals surface area contributed by atoms with Gasteiger partial charge in [0, 0.05) is 23.5 Å². The van der Waals surface area contributed by atoms with Crippen LogP contribution >= 0.6 is 23.5 Å². The van der Waals surface area contributed by atoms with Crippen molar-refractivity contribution in [3.05, 3.63) is 0 Å². The van der Waals surface area contributed by atoms with Crippen molar-refractivity contribution in [3.8, 4) is 23.4 Å². The Bertz CT molecular complexity index is 142. The Balaban J connectivity index is 3.41. The second-order valence-corrected chi connectivity index (χ2v) is 2.57. The molecule has 0 rings (SSSR count). The van der Waals surface area contributed by atoms with Crippen molar-refractivity contribution in [1.29, 1.82) is 0 Å². The van der Waals surface area contributed by atoms with Crippen molar-refractivity contribution in [2.45, 2.75) is 0 Å². The van der Waals surface area contributed by atoms with E-state index >= 15 is 0 Å². The molecule has 0 aliphatic heterocycles. The van der Waals surface area contributed by atoms with E-state index in [1.807, 2.05) is 0 Å². The van der Waals surface area contributed by atoms with Crippen molar-refractivity contribution in [1.82, 2.24) is 0 Å². The molecule has 0 aromatic rings. The van der Waals surface area contributed by atoms with E-state index in [9.17, 15) is 4.79 Å². The van der Waals surface area contributed by atoms with Gasteiger partial charge in [0.1, 0.15) is 0 Å². The number of carbonyl (C=O) groups is 1. The van der Waals surface area contributed by atoms with E-state index in [-0.39, 0.29) is 4.45 Å². The van der Waals surface area contributed by atoms with Crippen LogP contribution in [0.25, 0.3) is 0 Å². The van der Waals surface area contributed by atoms with E-state index in [2.05, 4.69) is 10.5 Å². The minimum Gasteiger partial charge on any atom is -0.272 e. The first kappa shape index (κ1) is 7.49. The van der Waals surface area contributed by atoms with Crippen LogP contribution in [0.3, 0.4) is 0 Å². The number of rotatable bonds is 0. The van der Waals surface area contributed by atoms with E-state index in [0.29, 0.717) is 0 Å². The largest absolute Gasteiger partial charge is 0.272 e. The predicted octanol–water partition coefficient (Wildman–Crippen LogP) is 1.75. The summed E-state index contributed by atoms with van der Waals surface area (Å²) >= 11 is 1.53. The van der Waals surface area contributed by atoms with E-state index in [0.717, 1.165) is 23.5 Å². The maximum Gasteiger partial charge on any atom is 0.270 e. The Labute approximate surface area is 56.6 Å². The fourth-order valence-electron chi connectivity index (χ4n) is 0.117. The third-order valence-electron chi connectivity index (χ3n) is 0.285. The van der Waals surface area contributed by atoms with Crippen LogP contribution in [0.2, 0.25) is 0 Å². The summed E-state index contributed by atoms with van der Waals surface area (Å²) < 4.78 is -0.227. The molecule has 0 saturated carbocycles. The zero-order chi connectivity index (χ0) is 6.41. The second kappa shape index (κ2) is 4.64. The highest BCUT2D eigenvalue weighted by Gasteiger charge is 1.95. The minimum absolute atomic E-state index is 0.227. The average molecular weight is 142 g/mol. The van der Waals surface area contributed by atoms with Crippen LogP contribution < -0.4 is 0 Å². The molecule has 0 aromatic heterocycles. The van der Waals surface area contributed by atoms with E-state index in [1.54, 1.807) is 0 Å². The molecule has 0 fully saturated rings. The van der Waals surface area contributed by atoms with Gasteiger partial charge in [-0.3, -0.25) is 4.79 Å². The fraction of sp³-hybridized carbons (Fsp3) is 0. The fourth-order valence-corrected chi connectivity index (χ4v) is 0.765. The monoisotopic (exact) mass is 142 g/mol. The van der Waals surface area contributed by atoms with E-state index in [1.165, 1.54) is 0 Å². The number of terminal acetylenes is 2. The Hall–Kier alpha value is -0.510. The summed E-state index contributed by atoms with van der Waals surface area (Å²) in [5.74, 6) is 0. The third-order valence-corrected chi connectivity index (χ3v) is 1.35. The molecule has 3 heteroatoms. The quantitative estimate of drug-likeness (QED) is 0.480. The highest BCUT2D eigenvalue weighted by molar-refractivity contribution is 8.42. The molecule has 0 unspecified atom stereocenters. The van der Waals surface area contributed by atoms with Gasteiger partial charge >= 0.3 is 0 Å². The van der Waals surface area contributed by atoms with Gasteiger partial charge in [-0.05, 0) is 10.5 Å². The summed E-state index contributed by atoms with van der Waals surface area (Å²) in [5, 5.41) is 4.21. The van der Waals surface area contributed by atoms with Crippen molar-refractivity contribution in [2.75, 3.05) is 0 Å². The molecule has 1 nitrogen and oxygen atoms in total. The molecule has 0 radical (unpaired) electrons. The summed E-state index contributed by atoms with van der Waals surface area (Å²) in [5.41, 5.74) is 0. The zero-order valence-electron chi connectivity index (χ0n) is 3.88. The van der Waals surface area contributed by atoms with Crippen LogP contribution in [0, 0.1) is 23.4 Å². The highest BCUT2D eigenvalue weighted by atomic mass is 32.2. The molecule has 0 N–H and O–H groups in total. The summed E-state index contributed by atoms with van der Waals surface area (Å²) in [6.07, 6.45) is 9.54. The predicted molar refractivity (Wildman–Crippen MR) is 38.2 cm³/mol. The molecule has 8 heavy (non-hydrogen) atoms. The zero-order valence-corrected chi connectivity index (χ0v) is 5.51. The van der Waals surface area contributed by atoms with Gasteiger partial charge in [-0.15, -0.1) is 12.8 Å². The van der Waals surface area contributed by atoms with Crippen molar-refractivity contribution < 1.29 is 4.79 Å². The number of thioether (sulfide) groups is 2. The lowest BCUT2D eigenvalue weighted by molar-refractivity contribution is 0.277. The van der Waals surface area contributed by atoms with Crippen LogP contribution in [0.5, 0.6) is 0 Å². The van der Waals surface area contributed by atoms with Crippen LogP contribution in [0.4, 0.5) is 4.79 Å². The first-order valence-corrected chi connectivity index (χ1v) is 3.23. The topological polar surface area (TPSA) is 17.1 Å². The lowest BCUT2D eigenvalue weighted by Crippen LogP contribution is -1.70. The first-order chi connectivity index (χ1) is 3.81. The normalized spacial score (nSPS) is 6.75.